The minimum atomic E-state index is -1.40. The fraction of sp³-hybridized carbons (Fsp3) is 0.714. The smallest absolute Gasteiger partial charge is 0.344 e. The van der Waals surface area contributed by atoms with Crippen LogP contribution in [-0.2, 0) is 42.9 Å². The second-order valence-electron chi connectivity index (χ2n) is 5.20. The molecule has 1 fully saturated rings. The predicted molar refractivity (Wildman–Crippen MR) is 73.1 cm³/mol. The van der Waals surface area contributed by atoms with Crippen LogP contribution in [0.15, 0.2) is 0 Å². The second-order valence-corrected chi connectivity index (χ2v) is 5.20. The minimum absolute atomic E-state index is 0.145. The molecule has 1 aliphatic heterocycles. The van der Waals surface area contributed by atoms with Crippen LogP contribution in [0, 0.1) is 0 Å². The number of carbonyl (C=O) groups excluding carboxylic acids is 4. The molecule has 0 aliphatic carbocycles. The van der Waals surface area contributed by atoms with Gasteiger partial charge in [-0.05, 0) is 27.7 Å². The van der Waals surface area contributed by atoms with E-state index < -0.39 is 49.1 Å². The number of ether oxygens (including phenoxy) is 5. The Kier molecular flexibility index (Phi) is 6.64. The third-order valence-electron chi connectivity index (χ3n) is 2.62. The number of hydrogen-bond donors (Lipinski definition) is 0. The summed E-state index contributed by atoms with van der Waals surface area (Å²) in [7, 11) is 0. The van der Waals surface area contributed by atoms with E-state index in [0.717, 1.165) is 0 Å². The summed E-state index contributed by atoms with van der Waals surface area (Å²) in [5.41, 5.74) is 0. The van der Waals surface area contributed by atoms with Gasteiger partial charge in [-0.1, -0.05) is 0 Å². The quantitative estimate of drug-likeness (QED) is 0.459. The fourth-order valence-corrected chi connectivity index (χ4v) is 1.78. The lowest BCUT2D eigenvalue weighted by Crippen LogP contribution is -2.40. The Bertz CT molecular complexity index is 483. The Balaban J connectivity index is 2.68. The standard InChI is InChI=1S/C14H20O9/c1-5-19-9(16)7-21-13(18)11-10(22-14(3,4)23-11)12(17)20-6-8(2)15/h10-11H,5-7H2,1-4H3/t10-,11-/m1/s1. The van der Waals surface area contributed by atoms with Gasteiger partial charge in [-0.2, -0.15) is 0 Å². The summed E-state index contributed by atoms with van der Waals surface area (Å²) in [4.78, 5) is 45.9. The molecule has 130 valence electrons. The molecular formula is C14H20O9. The zero-order valence-electron chi connectivity index (χ0n) is 13.5. The fourth-order valence-electron chi connectivity index (χ4n) is 1.78. The van der Waals surface area contributed by atoms with Gasteiger partial charge in [0.2, 0.25) is 0 Å². The molecule has 23 heavy (non-hydrogen) atoms. The van der Waals surface area contributed by atoms with E-state index in [4.69, 9.17) is 18.9 Å². The largest absolute Gasteiger partial charge is 0.463 e. The average Bonchev–Trinajstić information content (AvgIpc) is 2.78. The number of Topliss-reactive ketones (excluding diaryl/α,β-unsaturated/α-hetero) is 1. The first kappa shape index (κ1) is 19.0. The molecule has 1 heterocycles. The first-order chi connectivity index (χ1) is 10.7. The Morgan fingerprint density at radius 2 is 1.39 bits per heavy atom. The van der Waals surface area contributed by atoms with Crippen molar-refractivity contribution in [2.75, 3.05) is 19.8 Å². The van der Waals surface area contributed by atoms with Gasteiger partial charge in [0.25, 0.3) is 0 Å². The monoisotopic (exact) mass is 332 g/mol. The lowest BCUT2D eigenvalue weighted by Gasteiger charge is -2.16. The summed E-state index contributed by atoms with van der Waals surface area (Å²) >= 11 is 0. The van der Waals surface area contributed by atoms with Gasteiger partial charge in [0.1, 0.15) is 6.61 Å². The lowest BCUT2D eigenvalue weighted by molar-refractivity contribution is -0.175. The molecule has 0 spiro atoms. The topological polar surface area (TPSA) is 114 Å². The van der Waals surface area contributed by atoms with E-state index in [2.05, 4.69) is 4.74 Å². The molecule has 0 aromatic carbocycles. The molecule has 1 rings (SSSR count). The third kappa shape index (κ3) is 5.95. The number of rotatable bonds is 7. The molecule has 0 saturated carbocycles. The van der Waals surface area contributed by atoms with Gasteiger partial charge in [0.15, 0.2) is 30.4 Å². The van der Waals surface area contributed by atoms with Crippen LogP contribution in [0.5, 0.6) is 0 Å². The average molecular weight is 332 g/mol. The highest BCUT2D eigenvalue weighted by atomic mass is 16.8. The van der Waals surface area contributed by atoms with Crippen LogP contribution in [0.2, 0.25) is 0 Å². The van der Waals surface area contributed by atoms with E-state index in [1.54, 1.807) is 6.92 Å². The van der Waals surface area contributed by atoms with Crippen molar-refractivity contribution in [1.29, 1.82) is 0 Å². The molecule has 9 nitrogen and oxygen atoms in total. The number of hydrogen-bond acceptors (Lipinski definition) is 9. The van der Waals surface area contributed by atoms with Crippen LogP contribution in [-0.4, -0.2) is 61.5 Å². The van der Waals surface area contributed by atoms with Gasteiger partial charge in [0, 0.05) is 0 Å². The van der Waals surface area contributed by atoms with Crippen molar-refractivity contribution in [3.8, 4) is 0 Å². The van der Waals surface area contributed by atoms with Crippen LogP contribution in [0.1, 0.15) is 27.7 Å². The summed E-state index contributed by atoms with van der Waals surface area (Å²) in [6.45, 7) is 4.94. The van der Waals surface area contributed by atoms with Gasteiger partial charge >= 0.3 is 17.9 Å². The maximum absolute atomic E-state index is 12.0. The van der Waals surface area contributed by atoms with Crippen LogP contribution in [0.4, 0.5) is 0 Å². The van der Waals surface area contributed by atoms with Crippen LogP contribution in [0.25, 0.3) is 0 Å². The van der Waals surface area contributed by atoms with Gasteiger partial charge in [-0.3, -0.25) is 4.79 Å². The maximum Gasteiger partial charge on any atom is 0.344 e. The second kappa shape index (κ2) is 8.02. The van der Waals surface area contributed by atoms with Crippen molar-refractivity contribution in [3.05, 3.63) is 0 Å². The molecule has 0 bridgehead atoms. The zero-order chi connectivity index (χ0) is 17.6. The minimum Gasteiger partial charge on any atom is -0.463 e. The first-order valence-electron chi connectivity index (χ1n) is 7.00. The van der Waals surface area contributed by atoms with Crippen molar-refractivity contribution in [2.45, 2.75) is 45.7 Å². The Hall–Kier alpha value is -2.00. The highest BCUT2D eigenvalue weighted by Crippen LogP contribution is 2.29. The van der Waals surface area contributed by atoms with Gasteiger partial charge < -0.3 is 23.7 Å². The van der Waals surface area contributed by atoms with Gasteiger partial charge in [0.05, 0.1) is 6.61 Å². The van der Waals surface area contributed by atoms with Gasteiger partial charge in [-0.25, -0.2) is 14.4 Å². The van der Waals surface area contributed by atoms with Crippen LogP contribution in [0.3, 0.4) is 0 Å². The van der Waals surface area contributed by atoms with E-state index in [9.17, 15) is 19.2 Å². The van der Waals surface area contributed by atoms with Crippen molar-refractivity contribution in [3.63, 3.8) is 0 Å². The molecule has 0 unspecified atom stereocenters. The highest BCUT2D eigenvalue weighted by Gasteiger charge is 2.50. The molecule has 9 heteroatoms. The molecule has 0 N–H and O–H groups in total. The van der Waals surface area contributed by atoms with Crippen molar-refractivity contribution < 1.29 is 42.9 Å². The first-order valence-corrected chi connectivity index (χ1v) is 7.00. The Labute approximate surface area is 133 Å². The van der Waals surface area contributed by atoms with E-state index >= 15 is 0 Å². The summed E-state index contributed by atoms with van der Waals surface area (Å²) < 4.78 is 24.7. The molecule has 0 amide bonds. The summed E-state index contributed by atoms with van der Waals surface area (Å²) in [6, 6.07) is 0. The summed E-state index contributed by atoms with van der Waals surface area (Å²) in [6.07, 6.45) is -2.79. The molecular weight excluding hydrogens is 312 g/mol. The predicted octanol–water partition coefficient (Wildman–Crippen LogP) is -0.255. The number of esters is 3. The third-order valence-corrected chi connectivity index (χ3v) is 2.62. The zero-order valence-corrected chi connectivity index (χ0v) is 13.5. The maximum atomic E-state index is 12.0. The molecule has 1 saturated heterocycles. The van der Waals surface area contributed by atoms with Crippen molar-refractivity contribution in [1.82, 2.24) is 0 Å². The lowest BCUT2D eigenvalue weighted by atomic mass is 10.2. The molecule has 1 aliphatic rings. The number of ketones is 1. The number of carbonyl (C=O) groups is 4. The Morgan fingerprint density at radius 1 is 0.913 bits per heavy atom. The highest BCUT2D eigenvalue weighted by molar-refractivity contribution is 5.88. The Morgan fingerprint density at radius 3 is 1.83 bits per heavy atom. The van der Waals surface area contributed by atoms with Gasteiger partial charge in [-0.15, -0.1) is 0 Å². The molecule has 0 aromatic heterocycles. The van der Waals surface area contributed by atoms with Crippen LogP contribution < -0.4 is 0 Å². The summed E-state index contributed by atoms with van der Waals surface area (Å²) in [5.74, 6) is -4.21. The van der Waals surface area contributed by atoms with Crippen molar-refractivity contribution in [2.24, 2.45) is 0 Å². The van der Waals surface area contributed by atoms with E-state index in [1.807, 2.05) is 0 Å². The van der Waals surface area contributed by atoms with E-state index in [0.29, 0.717) is 0 Å². The van der Waals surface area contributed by atoms with Crippen LogP contribution >= 0.6 is 0 Å². The summed E-state index contributed by atoms with van der Waals surface area (Å²) in [5, 5.41) is 0. The molecule has 0 radical (unpaired) electrons. The molecule has 2 atom stereocenters. The normalized spacial score (nSPS) is 22.3. The van der Waals surface area contributed by atoms with Crippen molar-refractivity contribution >= 4 is 23.7 Å². The van der Waals surface area contributed by atoms with E-state index in [-0.39, 0.29) is 12.4 Å². The molecule has 0 aromatic rings. The van der Waals surface area contributed by atoms with E-state index in [1.165, 1.54) is 20.8 Å². The SMILES string of the molecule is CCOC(=O)COC(=O)[C@@H]1OC(C)(C)O[C@H]1C(=O)OCC(C)=O.